The van der Waals surface area contributed by atoms with Gasteiger partial charge in [-0.2, -0.15) is 0 Å². The van der Waals surface area contributed by atoms with Crippen molar-refractivity contribution < 1.29 is 23.9 Å². The number of imide groups is 2. The molecule has 0 aromatic heterocycles. The van der Waals surface area contributed by atoms with E-state index in [4.69, 9.17) is 4.74 Å². The molecule has 1 aromatic rings. The predicted molar refractivity (Wildman–Crippen MR) is 97.0 cm³/mol. The molecule has 3 rings (SSSR count). The van der Waals surface area contributed by atoms with Crippen LogP contribution in [-0.2, 0) is 14.4 Å². The maximum Gasteiger partial charge on any atom is 0.334 e. The molecule has 0 radical (unpaired) electrons. The number of carbonyl (C=O) groups excluding carboxylic acids is 4. The lowest BCUT2D eigenvalue weighted by Crippen LogP contribution is -2.46. The SMILES string of the molecule is COc1ccc(NC(=O)CN2C(=O)C(=O)N([C@@H]3CCCC[C@H]3C)C2=O)cc1. The van der Waals surface area contributed by atoms with Gasteiger partial charge in [0.2, 0.25) is 5.91 Å². The van der Waals surface area contributed by atoms with Gasteiger partial charge in [0.25, 0.3) is 0 Å². The number of methoxy groups -OCH3 is 1. The monoisotopic (exact) mass is 373 g/mol. The van der Waals surface area contributed by atoms with Crippen LogP contribution in [0.25, 0.3) is 0 Å². The number of benzene rings is 1. The summed E-state index contributed by atoms with van der Waals surface area (Å²) in [7, 11) is 1.54. The summed E-state index contributed by atoms with van der Waals surface area (Å²) in [6.45, 7) is 1.49. The molecule has 2 atom stereocenters. The largest absolute Gasteiger partial charge is 0.497 e. The summed E-state index contributed by atoms with van der Waals surface area (Å²) in [5.41, 5.74) is 0.504. The van der Waals surface area contributed by atoms with Crippen LogP contribution in [0.2, 0.25) is 0 Å². The van der Waals surface area contributed by atoms with Crippen molar-refractivity contribution in [2.24, 2.45) is 5.92 Å². The molecule has 8 heteroatoms. The third-order valence-corrected chi connectivity index (χ3v) is 5.16. The Labute approximate surface area is 157 Å². The highest BCUT2D eigenvalue weighted by Crippen LogP contribution is 2.31. The molecular weight excluding hydrogens is 350 g/mol. The lowest BCUT2D eigenvalue weighted by Gasteiger charge is -2.34. The molecule has 1 saturated carbocycles. The predicted octanol–water partition coefficient (Wildman–Crippen LogP) is 2.00. The van der Waals surface area contributed by atoms with E-state index in [2.05, 4.69) is 5.32 Å². The zero-order valence-electron chi connectivity index (χ0n) is 15.4. The molecule has 2 fully saturated rings. The number of rotatable bonds is 5. The highest BCUT2D eigenvalue weighted by atomic mass is 16.5. The molecule has 1 N–H and O–H groups in total. The Morgan fingerprint density at radius 2 is 1.78 bits per heavy atom. The molecule has 8 nitrogen and oxygen atoms in total. The van der Waals surface area contributed by atoms with Gasteiger partial charge in [0.1, 0.15) is 12.3 Å². The van der Waals surface area contributed by atoms with E-state index in [9.17, 15) is 19.2 Å². The number of ether oxygens (including phenoxy) is 1. The fourth-order valence-electron chi connectivity index (χ4n) is 3.65. The first kappa shape index (κ1) is 18.9. The third kappa shape index (κ3) is 3.79. The van der Waals surface area contributed by atoms with Crippen molar-refractivity contribution in [2.75, 3.05) is 19.0 Å². The van der Waals surface area contributed by atoms with Crippen molar-refractivity contribution in [3.05, 3.63) is 24.3 Å². The van der Waals surface area contributed by atoms with E-state index >= 15 is 0 Å². The summed E-state index contributed by atoms with van der Waals surface area (Å²) in [4.78, 5) is 51.3. The third-order valence-electron chi connectivity index (χ3n) is 5.16. The number of urea groups is 1. The second-order valence-corrected chi connectivity index (χ2v) is 6.95. The molecular formula is C19H23N3O5. The lowest BCUT2D eigenvalue weighted by molar-refractivity contribution is -0.145. The Kier molecular flexibility index (Phi) is 5.43. The number of nitrogens with zero attached hydrogens (tertiary/aromatic N) is 2. The topological polar surface area (TPSA) is 96.0 Å². The van der Waals surface area contributed by atoms with Gasteiger partial charge in [-0.05, 0) is 43.0 Å². The first-order chi connectivity index (χ1) is 12.9. The minimum atomic E-state index is -0.942. The Morgan fingerprint density at radius 1 is 1.11 bits per heavy atom. The van der Waals surface area contributed by atoms with Crippen molar-refractivity contribution in [1.29, 1.82) is 0 Å². The fourth-order valence-corrected chi connectivity index (χ4v) is 3.65. The highest BCUT2D eigenvalue weighted by molar-refractivity contribution is 6.45. The van der Waals surface area contributed by atoms with E-state index < -0.39 is 30.3 Å². The van der Waals surface area contributed by atoms with E-state index in [0.717, 1.165) is 29.1 Å². The number of anilines is 1. The van der Waals surface area contributed by atoms with Crippen LogP contribution in [0.15, 0.2) is 24.3 Å². The van der Waals surface area contributed by atoms with Gasteiger partial charge in [-0.25, -0.2) is 9.69 Å². The summed E-state index contributed by atoms with van der Waals surface area (Å²) in [5.74, 6) is -1.54. The van der Waals surface area contributed by atoms with Crippen LogP contribution in [0, 0.1) is 5.92 Å². The molecule has 144 valence electrons. The molecule has 0 spiro atoms. The van der Waals surface area contributed by atoms with Crippen LogP contribution in [-0.4, -0.2) is 53.2 Å². The van der Waals surface area contributed by atoms with Crippen molar-refractivity contribution in [1.82, 2.24) is 9.80 Å². The number of hydrogen-bond donors (Lipinski definition) is 1. The Balaban J connectivity index is 1.67. The second-order valence-electron chi connectivity index (χ2n) is 6.95. The zero-order chi connectivity index (χ0) is 19.6. The summed E-state index contributed by atoms with van der Waals surface area (Å²) < 4.78 is 5.05. The van der Waals surface area contributed by atoms with Crippen molar-refractivity contribution in [3.8, 4) is 5.75 Å². The van der Waals surface area contributed by atoms with Gasteiger partial charge in [-0.3, -0.25) is 19.3 Å². The van der Waals surface area contributed by atoms with Crippen LogP contribution in [0.4, 0.5) is 10.5 Å². The molecule has 0 bridgehead atoms. The summed E-state index contributed by atoms with van der Waals surface area (Å²) in [6.07, 6.45) is 3.57. The molecule has 1 aliphatic carbocycles. The van der Waals surface area contributed by atoms with Gasteiger partial charge in [0.05, 0.1) is 7.11 Å². The van der Waals surface area contributed by atoms with Gasteiger partial charge >= 0.3 is 17.8 Å². The van der Waals surface area contributed by atoms with Crippen LogP contribution in [0.1, 0.15) is 32.6 Å². The molecule has 2 aliphatic rings. The first-order valence-corrected chi connectivity index (χ1v) is 9.05. The number of hydrogen-bond acceptors (Lipinski definition) is 5. The van der Waals surface area contributed by atoms with Crippen LogP contribution in [0.3, 0.4) is 0 Å². The maximum absolute atomic E-state index is 12.7. The lowest BCUT2D eigenvalue weighted by atomic mass is 9.85. The minimum absolute atomic E-state index is 0.146. The van der Waals surface area contributed by atoms with E-state index in [1.807, 2.05) is 6.92 Å². The van der Waals surface area contributed by atoms with Gasteiger partial charge in [0.15, 0.2) is 0 Å². The quantitative estimate of drug-likeness (QED) is 0.629. The van der Waals surface area contributed by atoms with Crippen molar-refractivity contribution in [2.45, 2.75) is 38.6 Å². The molecule has 1 aromatic carbocycles. The average Bonchev–Trinajstić information content (AvgIpc) is 2.86. The molecule has 27 heavy (non-hydrogen) atoms. The molecule has 1 aliphatic heterocycles. The summed E-state index contributed by atoms with van der Waals surface area (Å²) in [5, 5.41) is 2.61. The minimum Gasteiger partial charge on any atom is -0.497 e. The maximum atomic E-state index is 12.7. The van der Waals surface area contributed by atoms with Crippen molar-refractivity contribution >= 4 is 29.4 Å². The molecule has 1 saturated heterocycles. The van der Waals surface area contributed by atoms with Crippen LogP contribution < -0.4 is 10.1 Å². The van der Waals surface area contributed by atoms with Gasteiger partial charge in [-0.15, -0.1) is 0 Å². The summed E-state index contributed by atoms with van der Waals surface area (Å²) >= 11 is 0. The Bertz CT molecular complexity index is 761. The fraction of sp³-hybridized carbons (Fsp3) is 0.474. The first-order valence-electron chi connectivity index (χ1n) is 9.05. The smallest absolute Gasteiger partial charge is 0.334 e. The molecule has 5 amide bonds. The van der Waals surface area contributed by atoms with Gasteiger partial charge in [0, 0.05) is 11.7 Å². The molecule has 0 unspecified atom stereocenters. The van der Waals surface area contributed by atoms with Crippen LogP contribution >= 0.6 is 0 Å². The zero-order valence-corrected chi connectivity index (χ0v) is 15.4. The Morgan fingerprint density at radius 3 is 2.41 bits per heavy atom. The second kappa shape index (κ2) is 7.77. The number of carbonyl (C=O) groups is 4. The van der Waals surface area contributed by atoms with E-state index in [1.54, 1.807) is 24.3 Å². The van der Waals surface area contributed by atoms with Gasteiger partial charge < -0.3 is 10.1 Å². The summed E-state index contributed by atoms with van der Waals surface area (Å²) in [6, 6.07) is 5.66. The van der Waals surface area contributed by atoms with Crippen molar-refractivity contribution in [3.63, 3.8) is 0 Å². The number of amides is 5. The van der Waals surface area contributed by atoms with E-state index in [1.165, 1.54) is 7.11 Å². The van der Waals surface area contributed by atoms with Crippen LogP contribution in [0.5, 0.6) is 5.75 Å². The molecule has 1 heterocycles. The normalized spacial score (nSPS) is 23.0. The van der Waals surface area contributed by atoms with E-state index in [-0.39, 0.29) is 12.0 Å². The standard InChI is InChI=1S/C19H23N3O5/c1-12-5-3-4-6-15(12)22-18(25)17(24)21(19(22)26)11-16(23)20-13-7-9-14(27-2)10-8-13/h7-10,12,15H,3-6,11H2,1-2H3,(H,20,23)/t12-,15-/m1/s1. The average molecular weight is 373 g/mol. The highest BCUT2D eigenvalue weighted by Gasteiger charge is 2.49. The Hall–Kier alpha value is -2.90. The number of nitrogens with one attached hydrogen (secondary N) is 1. The van der Waals surface area contributed by atoms with E-state index in [0.29, 0.717) is 17.9 Å². The van der Waals surface area contributed by atoms with Gasteiger partial charge in [-0.1, -0.05) is 19.8 Å².